The highest BCUT2D eigenvalue weighted by Crippen LogP contribution is 2.32. The molecule has 1 aliphatic heterocycles. The van der Waals surface area contributed by atoms with Gasteiger partial charge in [0.1, 0.15) is 12.1 Å². The summed E-state index contributed by atoms with van der Waals surface area (Å²) in [5.74, 6) is -0.710. The van der Waals surface area contributed by atoms with Crippen LogP contribution in [0, 0.1) is 0 Å². The molecule has 0 bridgehead atoms. The van der Waals surface area contributed by atoms with Crippen LogP contribution < -0.4 is 10.6 Å². The van der Waals surface area contributed by atoms with Gasteiger partial charge < -0.3 is 10.6 Å². The van der Waals surface area contributed by atoms with Crippen LogP contribution in [0.15, 0.2) is 30.3 Å². The molecule has 0 aromatic heterocycles. The minimum absolute atomic E-state index is 0.00771. The maximum atomic E-state index is 12.8. The van der Waals surface area contributed by atoms with Gasteiger partial charge in [-0.25, -0.2) is 4.79 Å². The highest BCUT2D eigenvalue weighted by Gasteiger charge is 2.51. The number of carbonyl (C=O) groups is 3. The predicted octanol–water partition coefficient (Wildman–Crippen LogP) is 1.76. The first kappa shape index (κ1) is 17.0. The third-order valence-corrected chi connectivity index (χ3v) is 4.29. The zero-order chi connectivity index (χ0) is 17.0. The summed E-state index contributed by atoms with van der Waals surface area (Å²) in [7, 11) is 0. The lowest BCUT2D eigenvalue weighted by Gasteiger charge is -2.25. The average Bonchev–Trinajstić information content (AvgIpc) is 2.80. The van der Waals surface area contributed by atoms with E-state index in [4.69, 9.17) is 0 Å². The molecule has 6 heteroatoms. The number of rotatable bonds is 6. The van der Waals surface area contributed by atoms with E-state index in [0.29, 0.717) is 6.42 Å². The van der Waals surface area contributed by atoms with E-state index in [-0.39, 0.29) is 24.4 Å². The molecule has 0 unspecified atom stereocenters. The van der Waals surface area contributed by atoms with Crippen molar-refractivity contribution < 1.29 is 14.4 Å². The van der Waals surface area contributed by atoms with Crippen LogP contribution in [0.5, 0.6) is 0 Å². The van der Waals surface area contributed by atoms with E-state index in [1.54, 1.807) is 0 Å². The topological polar surface area (TPSA) is 78.5 Å². The molecule has 1 aromatic rings. The Bertz CT molecular complexity index is 602. The van der Waals surface area contributed by atoms with E-state index in [1.807, 2.05) is 51.1 Å². The molecule has 1 aliphatic rings. The number of amides is 4. The van der Waals surface area contributed by atoms with Gasteiger partial charge in [0.15, 0.2) is 0 Å². The zero-order valence-corrected chi connectivity index (χ0v) is 13.8. The molecule has 0 aliphatic carbocycles. The highest BCUT2D eigenvalue weighted by atomic mass is 16.2. The van der Waals surface area contributed by atoms with Gasteiger partial charge in [-0.15, -0.1) is 0 Å². The SMILES string of the molecule is CC[C@@H](C)NC(=O)CN1C(=O)N[C@@](CC)(c2ccccc2)C1=O. The van der Waals surface area contributed by atoms with Crippen molar-refractivity contribution in [3.63, 3.8) is 0 Å². The van der Waals surface area contributed by atoms with Crippen LogP contribution in [-0.4, -0.2) is 35.3 Å². The maximum absolute atomic E-state index is 12.8. The molecule has 1 saturated heterocycles. The van der Waals surface area contributed by atoms with Crippen LogP contribution in [-0.2, 0) is 15.1 Å². The monoisotopic (exact) mass is 317 g/mol. The largest absolute Gasteiger partial charge is 0.352 e. The summed E-state index contributed by atoms with van der Waals surface area (Å²) in [6.45, 7) is 5.41. The van der Waals surface area contributed by atoms with Gasteiger partial charge in [-0.1, -0.05) is 44.2 Å². The van der Waals surface area contributed by atoms with Gasteiger partial charge >= 0.3 is 6.03 Å². The highest BCUT2D eigenvalue weighted by molar-refractivity contribution is 6.09. The van der Waals surface area contributed by atoms with Crippen molar-refractivity contribution in [2.45, 2.75) is 45.2 Å². The molecule has 2 atom stereocenters. The van der Waals surface area contributed by atoms with Crippen LogP contribution in [0.2, 0.25) is 0 Å². The number of imide groups is 1. The number of urea groups is 1. The van der Waals surface area contributed by atoms with Crippen molar-refractivity contribution in [3.8, 4) is 0 Å². The van der Waals surface area contributed by atoms with Crippen LogP contribution in [0.25, 0.3) is 0 Å². The summed E-state index contributed by atoms with van der Waals surface area (Å²) in [6.07, 6.45) is 1.21. The second-order valence-corrected chi connectivity index (χ2v) is 5.82. The Hall–Kier alpha value is -2.37. The first-order valence-corrected chi connectivity index (χ1v) is 7.93. The quantitative estimate of drug-likeness (QED) is 0.785. The van der Waals surface area contributed by atoms with Gasteiger partial charge in [-0.05, 0) is 25.3 Å². The molecule has 1 heterocycles. The Kier molecular flexibility index (Phi) is 5.03. The number of hydrogen-bond donors (Lipinski definition) is 2. The Labute approximate surface area is 136 Å². The molecule has 4 amide bonds. The first-order valence-electron chi connectivity index (χ1n) is 7.93. The predicted molar refractivity (Wildman–Crippen MR) is 86.6 cm³/mol. The van der Waals surface area contributed by atoms with E-state index in [2.05, 4.69) is 10.6 Å². The number of hydrogen-bond acceptors (Lipinski definition) is 3. The van der Waals surface area contributed by atoms with E-state index < -0.39 is 11.6 Å². The van der Waals surface area contributed by atoms with E-state index >= 15 is 0 Å². The molecule has 2 N–H and O–H groups in total. The van der Waals surface area contributed by atoms with Crippen molar-refractivity contribution in [2.24, 2.45) is 0 Å². The minimum Gasteiger partial charge on any atom is -0.352 e. The smallest absolute Gasteiger partial charge is 0.325 e. The van der Waals surface area contributed by atoms with Gasteiger partial charge in [0.05, 0.1) is 0 Å². The Morgan fingerprint density at radius 3 is 2.48 bits per heavy atom. The van der Waals surface area contributed by atoms with Crippen LogP contribution in [0.1, 0.15) is 39.2 Å². The first-order chi connectivity index (χ1) is 10.9. The van der Waals surface area contributed by atoms with Gasteiger partial charge in [0.25, 0.3) is 5.91 Å². The third kappa shape index (κ3) is 3.21. The summed E-state index contributed by atoms with van der Waals surface area (Å²) >= 11 is 0. The van der Waals surface area contributed by atoms with Gasteiger partial charge in [0, 0.05) is 6.04 Å². The zero-order valence-electron chi connectivity index (χ0n) is 13.8. The van der Waals surface area contributed by atoms with Crippen molar-refractivity contribution in [3.05, 3.63) is 35.9 Å². The second kappa shape index (κ2) is 6.81. The molecule has 0 radical (unpaired) electrons. The number of nitrogens with zero attached hydrogens (tertiary/aromatic N) is 1. The van der Waals surface area contributed by atoms with Crippen molar-refractivity contribution in [1.29, 1.82) is 0 Å². The van der Waals surface area contributed by atoms with Gasteiger partial charge in [-0.2, -0.15) is 0 Å². The summed E-state index contributed by atoms with van der Waals surface area (Å²) in [5.41, 5.74) is -0.361. The number of nitrogens with one attached hydrogen (secondary N) is 2. The molecular formula is C17H23N3O3. The van der Waals surface area contributed by atoms with E-state index in [9.17, 15) is 14.4 Å². The molecule has 1 aromatic carbocycles. The summed E-state index contributed by atoms with van der Waals surface area (Å²) < 4.78 is 0. The Morgan fingerprint density at radius 1 is 1.26 bits per heavy atom. The lowest BCUT2D eigenvalue weighted by molar-refractivity contribution is -0.135. The van der Waals surface area contributed by atoms with Gasteiger partial charge in [0.2, 0.25) is 5.91 Å². The third-order valence-electron chi connectivity index (χ3n) is 4.29. The fraction of sp³-hybridized carbons (Fsp3) is 0.471. The van der Waals surface area contributed by atoms with Crippen LogP contribution in [0.3, 0.4) is 0 Å². The normalized spacial score (nSPS) is 22.0. The summed E-state index contributed by atoms with van der Waals surface area (Å²) in [5, 5.41) is 5.53. The summed E-state index contributed by atoms with van der Waals surface area (Å²) in [6, 6.07) is 8.60. The summed E-state index contributed by atoms with van der Waals surface area (Å²) in [4.78, 5) is 38.1. The molecule has 0 spiro atoms. The molecule has 6 nitrogen and oxygen atoms in total. The molecule has 1 fully saturated rings. The van der Waals surface area contributed by atoms with E-state index in [1.165, 1.54) is 0 Å². The number of carbonyl (C=O) groups excluding carboxylic acids is 3. The molecular weight excluding hydrogens is 294 g/mol. The maximum Gasteiger partial charge on any atom is 0.325 e. The Morgan fingerprint density at radius 2 is 1.91 bits per heavy atom. The number of benzene rings is 1. The average molecular weight is 317 g/mol. The van der Waals surface area contributed by atoms with E-state index in [0.717, 1.165) is 16.9 Å². The van der Waals surface area contributed by atoms with Crippen LogP contribution in [0.4, 0.5) is 4.79 Å². The standard InChI is InChI=1S/C17H23N3O3/c1-4-12(3)18-14(21)11-20-15(22)17(5-2,19-16(20)23)13-9-7-6-8-10-13/h6-10,12H,4-5,11H2,1-3H3,(H,18,21)(H,19,23)/t12-,17+/m1/s1. The molecule has 2 rings (SSSR count). The molecule has 0 saturated carbocycles. The lowest BCUT2D eigenvalue weighted by Crippen LogP contribution is -2.45. The fourth-order valence-electron chi connectivity index (χ4n) is 2.70. The molecule has 23 heavy (non-hydrogen) atoms. The van der Waals surface area contributed by atoms with Crippen LogP contribution >= 0.6 is 0 Å². The minimum atomic E-state index is -1.09. The Balaban J connectivity index is 2.20. The van der Waals surface area contributed by atoms with Crippen molar-refractivity contribution in [1.82, 2.24) is 15.5 Å². The molecule has 124 valence electrons. The fourth-order valence-corrected chi connectivity index (χ4v) is 2.70. The van der Waals surface area contributed by atoms with Gasteiger partial charge in [-0.3, -0.25) is 14.5 Å². The lowest BCUT2D eigenvalue weighted by atomic mass is 9.87. The second-order valence-electron chi connectivity index (χ2n) is 5.82. The van der Waals surface area contributed by atoms with Crippen molar-refractivity contribution in [2.75, 3.05) is 6.54 Å². The van der Waals surface area contributed by atoms with Crippen molar-refractivity contribution >= 4 is 17.8 Å².